The second-order valence-electron chi connectivity index (χ2n) is 22.0. The van der Waals surface area contributed by atoms with E-state index in [9.17, 15) is 0 Å². The van der Waals surface area contributed by atoms with Crippen LogP contribution < -0.4 is 14.5 Å². The Hall–Kier alpha value is -5.81. The summed E-state index contributed by atoms with van der Waals surface area (Å²) in [6.45, 7) is 33.0. The van der Waals surface area contributed by atoms with Crippen molar-refractivity contribution in [2.45, 2.75) is 113 Å². The SMILES string of the molecule is CC(C)(C)C1=C(C(C)(C)C)N(c2cc(Oc3ccc4c5ccccc5n(-c5cc(C(C)(C)C)ccn5)c4c3)cc(C(C)(C)C)c2)CN1c1ccc(C(C)(C)c2ccccc2)cc1. The molecule has 8 rings (SSSR count). The van der Waals surface area contributed by atoms with Gasteiger partial charge >= 0.3 is 0 Å². The highest BCUT2D eigenvalue weighted by Crippen LogP contribution is 2.49. The van der Waals surface area contributed by atoms with E-state index in [2.05, 4.69) is 239 Å². The molecule has 5 nitrogen and oxygen atoms in total. The minimum absolute atomic E-state index is 0.00703. The minimum atomic E-state index is -0.151. The zero-order chi connectivity index (χ0) is 44.6. The lowest BCUT2D eigenvalue weighted by molar-refractivity contribution is 0.444. The van der Waals surface area contributed by atoms with E-state index in [-0.39, 0.29) is 27.1 Å². The molecule has 1 aliphatic rings. The van der Waals surface area contributed by atoms with Crippen molar-refractivity contribution in [2.24, 2.45) is 10.8 Å². The summed E-state index contributed by atoms with van der Waals surface area (Å²) in [5.41, 5.74) is 11.7. The summed E-state index contributed by atoms with van der Waals surface area (Å²) >= 11 is 0. The van der Waals surface area contributed by atoms with E-state index in [1.165, 1.54) is 50.1 Å². The quantitative estimate of drug-likeness (QED) is 0.160. The number of rotatable bonds is 7. The van der Waals surface area contributed by atoms with Gasteiger partial charge in [0.25, 0.3) is 0 Å². The molecule has 0 saturated heterocycles. The molecule has 0 amide bonds. The van der Waals surface area contributed by atoms with Crippen molar-refractivity contribution < 1.29 is 4.74 Å². The van der Waals surface area contributed by atoms with Crippen LogP contribution in [0, 0.1) is 10.8 Å². The predicted octanol–water partition coefficient (Wildman–Crippen LogP) is 15.5. The van der Waals surface area contributed by atoms with Gasteiger partial charge in [-0.1, -0.05) is 158 Å². The van der Waals surface area contributed by atoms with Crippen molar-refractivity contribution in [3.05, 3.63) is 167 Å². The van der Waals surface area contributed by atoms with Gasteiger partial charge in [0.05, 0.1) is 17.7 Å². The van der Waals surface area contributed by atoms with E-state index in [0.717, 1.165) is 34.0 Å². The summed E-state index contributed by atoms with van der Waals surface area (Å²) in [6, 6.07) is 46.4. The van der Waals surface area contributed by atoms with Crippen molar-refractivity contribution >= 4 is 33.2 Å². The number of nitrogens with zero attached hydrogens (tertiary/aromatic N) is 4. The van der Waals surface area contributed by atoms with Crippen LogP contribution in [0.4, 0.5) is 11.4 Å². The molecule has 0 aliphatic carbocycles. The monoisotopic (exact) mass is 823 g/mol. The maximum absolute atomic E-state index is 7.01. The first-order chi connectivity index (χ1) is 29.0. The van der Waals surface area contributed by atoms with Gasteiger partial charge in [-0.3, -0.25) is 4.57 Å². The van der Waals surface area contributed by atoms with E-state index < -0.39 is 0 Å². The van der Waals surface area contributed by atoms with Crippen LogP contribution in [0.1, 0.15) is 119 Å². The van der Waals surface area contributed by atoms with Gasteiger partial charge in [-0.05, 0) is 87.7 Å². The normalized spacial score (nSPS) is 14.4. The average molecular weight is 823 g/mol. The van der Waals surface area contributed by atoms with Gasteiger partial charge in [0.2, 0.25) is 0 Å². The third-order valence-corrected chi connectivity index (χ3v) is 12.7. The van der Waals surface area contributed by atoms with Crippen LogP contribution in [-0.4, -0.2) is 16.2 Å². The van der Waals surface area contributed by atoms with Crippen molar-refractivity contribution in [1.82, 2.24) is 9.55 Å². The van der Waals surface area contributed by atoms with E-state index in [1.54, 1.807) is 0 Å². The molecule has 0 bridgehead atoms. The number of hydrogen-bond donors (Lipinski definition) is 0. The van der Waals surface area contributed by atoms with Gasteiger partial charge in [-0.25, -0.2) is 4.98 Å². The number of anilines is 2. The van der Waals surface area contributed by atoms with Gasteiger partial charge in [0.1, 0.15) is 17.3 Å². The summed E-state index contributed by atoms with van der Waals surface area (Å²) in [5.74, 6) is 2.51. The van der Waals surface area contributed by atoms with Crippen LogP contribution in [-0.2, 0) is 16.2 Å². The highest BCUT2D eigenvalue weighted by Gasteiger charge is 2.42. The summed E-state index contributed by atoms with van der Waals surface area (Å²) in [7, 11) is 0. The highest BCUT2D eigenvalue weighted by atomic mass is 16.5. The molecule has 2 aromatic heterocycles. The number of ether oxygens (including phenoxy) is 1. The van der Waals surface area contributed by atoms with Crippen LogP contribution in [0.3, 0.4) is 0 Å². The van der Waals surface area contributed by atoms with Crippen LogP contribution in [0.2, 0.25) is 0 Å². The number of pyridine rings is 1. The zero-order valence-electron chi connectivity index (χ0n) is 39.6. The van der Waals surface area contributed by atoms with E-state index in [0.29, 0.717) is 6.67 Å². The van der Waals surface area contributed by atoms with Crippen molar-refractivity contribution in [1.29, 1.82) is 0 Å². The number of fused-ring (bicyclic) bond motifs is 3. The first-order valence-corrected chi connectivity index (χ1v) is 22.3. The number of aromatic nitrogens is 2. The largest absolute Gasteiger partial charge is 0.457 e. The van der Waals surface area contributed by atoms with Crippen LogP contribution >= 0.6 is 0 Å². The Labute approximate surface area is 371 Å². The van der Waals surface area contributed by atoms with E-state index >= 15 is 0 Å². The van der Waals surface area contributed by atoms with Gasteiger partial charge < -0.3 is 14.5 Å². The van der Waals surface area contributed by atoms with Crippen LogP contribution in [0.25, 0.3) is 27.6 Å². The van der Waals surface area contributed by atoms with Crippen LogP contribution in [0.5, 0.6) is 11.5 Å². The zero-order valence-corrected chi connectivity index (χ0v) is 39.6. The number of para-hydroxylation sites is 1. The fraction of sp³-hybridized carbons (Fsp3) is 0.351. The Morgan fingerprint density at radius 1 is 0.435 bits per heavy atom. The molecule has 3 heterocycles. The standard InChI is InChI=1S/C57H66N4O/c1-53(2,3)40-30-31-58-50(34-40)61-48-23-19-18-22-46(48)47-29-28-44(36-49(47)61)62-45-33-41(54(4,5)6)32-43(35-45)60-37-59(51(55(7,8)9)52(60)56(10,11)12)42-26-24-39(25-27-42)57(13,14)38-20-16-15-17-21-38/h15-36H,37H2,1-14H3. The van der Waals surface area contributed by atoms with Gasteiger partial charge in [-0.15, -0.1) is 0 Å². The summed E-state index contributed by atoms with van der Waals surface area (Å²) in [6.07, 6.45) is 1.93. The lowest BCUT2D eigenvalue weighted by Gasteiger charge is -2.34. The Balaban J connectivity index is 1.22. The number of allylic oxidation sites excluding steroid dienone is 2. The maximum Gasteiger partial charge on any atom is 0.137 e. The molecule has 0 unspecified atom stereocenters. The molecule has 0 fully saturated rings. The second-order valence-corrected chi connectivity index (χ2v) is 22.0. The Morgan fingerprint density at radius 3 is 1.65 bits per heavy atom. The highest BCUT2D eigenvalue weighted by molar-refractivity contribution is 6.09. The van der Waals surface area contributed by atoms with E-state index in [4.69, 9.17) is 9.72 Å². The van der Waals surface area contributed by atoms with Gasteiger partial charge in [-0.2, -0.15) is 0 Å². The molecule has 1 aliphatic heterocycles. The molecular formula is C57H66N4O. The topological polar surface area (TPSA) is 33.5 Å². The third-order valence-electron chi connectivity index (χ3n) is 12.7. The fourth-order valence-corrected chi connectivity index (χ4v) is 9.19. The molecule has 0 radical (unpaired) electrons. The van der Waals surface area contributed by atoms with Crippen molar-refractivity contribution in [3.63, 3.8) is 0 Å². The Bertz CT molecular complexity index is 2800. The minimum Gasteiger partial charge on any atom is -0.457 e. The molecule has 320 valence electrons. The molecule has 5 heteroatoms. The second kappa shape index (κ2) is 15.2. The lowest BCUT2D eigenvalue weighted by atomic mass is 9.78. The summed E-state index contributed by atoms with van der Waals surface area (Å²) < 4.78 is 9.29. The molecular weight excluding hydrogens is 757 g/mol. The predicted molar refractivity (Wildman–Crippen MR) is 263 cm³/mol. The Morgan fingerprint density at radius 2 is 1.02 bits per heavy atom. The number of benzene rings is 5. The van der Waals surface area contributed by atoms with Crippen LogP contribution in [0.15, 0.2) is 145 Å². The molecule has 5 aromatic carbocycles. The van der Waals surface area contributed by atoms with Gasteiger partial charge in [0.15, 0.2) is 0 Å². The molecule has 7 aromatic rings. The molecule has 62 heavy (non-hydrogen) atoms. The van der Waals surface area contributed by atoms with E-state index in [1.807, 2.05) is 6.20 Å². The maximum atomic E-state index is 7.01. The molecule has 0 saturated carbocycles. The van der Waals surface area contributed by atoms with Gasteiger partial charge in [0, 0.05) is 68.1 Å². The Kier molecular flexibility index (Phi) is 10.5. The molecule has 0 N–H and O–H groups in total. The fourth-order valence-electron chi connectivity index (χ4n) is 9.19. The molecule has 0 spiro atoms. The first-order valence-electron chi connectivity index (χ1n) is 22.3. The first kappa shape index (κ1) is 42.9. The summed E-state index contributed by atoms with van der Waals surface area (Å²) in [5, 5.41) is 2.36. The summed E-state index contributed by atoms with van der Waals surface area (Å²) in [4.78, 5) is 10.00. The van der Waals surface area contributed by atoms with Crippen molar-refractivity contribution in [3.8, 4) is 17.3 Å². The van der Waals surface area contributed by atoms with Crippen molar-refractivity contribution in [2.75, 3.05) is 16.5 Å². The lowest BCUT2D eigenvalue weighted by Crippen LogP contribution is -2.31. The third kappa shape index (κ3) is 8.03. The number of hydrogen-bond acceptors (Lipinski definition) is 4. The average Bonchev–Trinajstić information content (AvgIpc) is 3.79. The smallest absolute Gasteiger partial charge is 0.137 e. The molecule has 0 atom stereocenters.